The predicted molar refractivity (Wildman–Crippen MR) is 97.0 cm³/mol. The summed E-state index contributed by atoms with van der Waals surface area (Å²) < 4.78 is 0.998. The number of nitrogens with one attached hydrogen (secondary N) is 1. The van der Waals surface area contributed by atoms with E-state index in [0.717, 1.165) is 29.3 Å². The third-order valence-corrected chi connectivity index (χ3v) is 4.26. The van der Waals surface area contributed by atoms with Gasteiger partial charge in [0.05, 0.1) is 0 Å². The smallest absolute Gasteiger partial charge is 0.242 e. The molecule has 1 aromatic rings. The van der Waals surface area contributed by atoms with Gasteiger partial charge in [-0.2, -0.15) is 0 Å². The van der Waals surface area contributed by atoms with Gasteiger partial charge in [0, 0.05) is 24.0 Å². The summed E-state index contributed by atoms with van der Waals surface area (Å²) in [5.41, 5.74) is 1.02. The molecule has 0 saturated heterocycles. The third kappa shape index (κ3) is 6.73. The van der Waals surface area contributed by atoms with E-state index in [1.165, 1.54) is 0 Å². The Morgan fingerprint density at radius 2 is 1.83 bits per heavy atom. The van der Waals surface area contributed by atoms with E-state index in [0.29, 0.717) is 19.5 Å². The number of hydrogen-bond donors (Lipinski definition) is 1. The van der Waals surface area contributed by atoms with Gasteiger partial charge in [0.1, 0.15) is 6.04 Å². The topological polar surface area (TPSA) is 49.4 Å². The first-order chi connectivity index (χ1) is 11.0. The highest BCUT2D eigenvalue weighted by Gasteiger charge is 2.25. The lowest BCUT2D eigenvalue weighted by molar-refractivity contribution is -0.140. The van der Waals surface area contributed by atoms with Crippen molar-refractivity contribution in [2.75, 3.05) is 6.54 Å². The summed E-state index contributed by atoms with van der Waals surface area (Å²) in [4.78, 5) is 26.4. The Hall–Kier alpha value is -1.36. The van der Waals surface area contributed by atoms with Gasteiger partial charge in [0.2, 0.25) is 11.8 Å². The number of benzene rings is 1. The van der Waals surface area contributed by atoms with Crippen LogP contribution in [0.1, 0.15) is 52.0 Å². The second-order valence-corrected chi connectivity index (χ2v) is 6.63. The van der Waals surface area contributed by atoms with Crippen molar-refractivity contribution in [3.05, 3.63) is 34.3 Å². The summed E-state index contributed by atoms with van der Waals surface area (Å²) in [5, 5.41) is 2.92. The molecule has 5 heteroatoms. The van der Waals surface area contributed by atoms with Crippen molar-refractivity contribution < 1.29 is 9.59 Å². The van der Waals surface area contributed by atoms with E-state index in [-0.39, 0.29) is 11.8 Å². The van der Waals surface area contributed by atoms with Gasteiger partial charge in [-0.1, -0.05) is 48.3 Å². The first-order valence-corrected chi connectivity index (χ1v) is 9.10. The molecule has 23 heavy (non-hydrogen) atoms. The van der Waals surface area contributed by atoms with Crippen molar-refractivity contribution in [2.45, 2.75) is 59.0 Å². The number of rotatable bonds is 9. The standard InChI is InChI=1S/C18H27BrN2O2/c1-4-6-12-20-18(23)14(3)21(17(22)7-5-2)13-15-8-10-16(19)11-9-15/h8-11,14H,4-7,12-13H2,1-3H3,(H,20,23)/t14-/m0/s1. The molecule has 128 valence electrons. The van der Waals surface area contributed by atoms with Crippen LogP contribution in [0, 0.1) is 0 Å². The van der Waals surface area contributed by atoms with E-state index >= 15 is 0 Å². The Morgan fingerprint density at radius 3 is 2.39 bits per heavy atom. The summed E-state index contributed by atoms with van der Waals surface area (Å²) in [6.07, 6.45) is 3.23. The van der Waals surface area contributed by atoms with Crippen LogP contribution in [0.4, 0.5) is 0 Å². The molecule has 0 radical (unpaired) electrons. The van der Waals surface area contributed by atoms with Gasteiger partial charge >= 0.3 is 0 Å². The van der Waals surface area contributed by atoms with E-state index < -0.39 is 6.04 Å². The van der Waals surface area contributed by atoms with E-state index in [9.17, 15) is 9.59 Å². The molecule has 2 amide bonds. The van der Waals surface area contributed by atoms with Gasteiger partial charge < -0.3 is 10.2 Å². The molecule has 0 bridgehead atoms. The maximum absolute atomic E-state index is 12.4. The summed E-state index contributed by atoms with van der Waals surface area (Å²) in [5.74, 6) is -0.0615. The number of unbranched alkanes of at least 4 members (excludes halogenated alkanes) is 1. The molecule has 1 N–H and O–H groups in total. The van der Waals surface area contributed by atoms with Crippen LogP contribution in [-0.2, 0) is 16.1 Å². The molecule has 4 nitrogen and oxygen atoms in total. The zero-order valence-corrected chi connectivity index (χ0v) is 15.9. The highest BCUT2D eigenvalue weighted by atomic mass is 79.9. The monoisotopic (exact) mass is 382 g/mol. The molecule has 0 aromatic heterocycles. The summed E-state index contributed by atoms with van der Waals surface area (Å²) in [6.45, 7) is 6.97. The molecule has 1 atom stereocenters. The fourth-order valence-corrected chi connectivity index (χ4v) is 2.53. The average Bonchev–Trinajstić information content (AvgIpc) is 2.54. The number of nitrogens with zero attached hydrogens (tertiary/aromatic N) is 1. The van der Waals surface area contributed by atoms with Gasteiger partial charge in [-0.25, -0.2) is 0 Å². The van der Waals surface area contributed by atoms with Crippen LogP contribution in [0.2, 0.25) is 0 Å². The van der Waals surface area contributed by atoms with Gasteiger partial charge in [0.15, 0.2) is 0 Å². The fraction of sp³-hybridized carbons (Fsp3) is 0.556. The number of amides is 2. The van der Waals surface area contributed by atoms with Crippen LogP contribution in [0.3, 0.4) is 0 Å². The van der Waals surface area contributed by atoms with Crippen LogP contribution >= 0.6 is 15.9 Å². The minimum atomic E-state index is -0.463. The lowest BCUT2D eigenvalue weighted by Gasteiger charge is -2.28. The van der Waals surface area contributed by atoms with Crippen LogP contribution in [0.5, 0.6) is 0 Å². The molecule has 0 saturated carbocycles. The van der Waals surface area contributed by atoms with Crippen molar-refractivity contribution in [3.63, 3.8) is 0 Å². The van der Waals surface area contributed by atoms with Gasteiger partial charge in [-0.05, 0) is 37.5 Å². The van der Waals surface area contributed by atoms with Crippen LogP contribution in [-0.4, -0.2) is 29.3 Å². The summed E-state index contributed by atoms with van der Waals surface area (Å²) in [6, 6.07) is 7.37. The van der Waals surface area contributed by atoms with E-state index in [1.54, 1.807) is 11.8 Å². The Bertz CT molecular complexity index is 502. The van der Waals surface area contributed by atoms with Crippen molar-refractivity contribution >= 4 is 27.7 Å². The predicted octanol–water partition coefficient (Wildman–Crippen LogP) is 3.88. The number of carbonyl (C=O) groups excluding carboxylic acids is 2. The molecule has 1 rings (SSSR count). The first-order valence-electron chi connectivity index (χ1n) is 8.31. The zero-order valence-electron chi connectivity index (χ0n) is 14.3. The fourth-order valence-electron chi connectivity index (χ4n) is 2.26. The van der Waals surface area contributed by atoms with Crippen LogP contribution in [0.25, 0.3) is 0 Å². The molecule has 0 aliphatic carbocycles. The highest BCUT2D eigenvalue weighted by Crippen LogP contribution is 2.15. The van der Waals surface area contributed by atoms with Gasteiger partial charge in [-0.15, -0.1) is 0 Å². The summed E-state index contributed by atoms with van der Waals surface area (Å²) in [7, 11) is 0. The number of hydrogen-bond acceptors (Lipinski definition) is 2. The highest BCUT2D eigenvalue weighted by molar-refractivity contribution is 9.10. The van der Waals surface area contributed by atoms with Crippen molar-refractivity contribution in [1.82, 2.24) is 10.2 Å². The minimum absolute atomic E-state index is 0.0218. The number of halogens is 1. The van der Waals surface area contributed by atoms with Crippen molar-refractivity contribution in [3.8, 4) is 0 Å². The zero-order chi connectivity index (χ0) is 17.2. The van der Waals surface area contributed by atoms with Crippen LogP contribution < -0.4 is 5.32 Å². The SMILES string of the molecule is CCCCNC(=O)[C@H](C)N(Cc1ccc(Br)cc1)C(=O)CCC. The molecule has 0 aliphatic rings. The minimum Gasteiger partial charge on any atom is -0.354 e. The molecule has 0 heterocycles. The largest absolute Gasteiger partial charge is 0.354 e. The van der Waals surface area contributed by atoms with Crippen molar-refractivity contribution in [2.24, 2.45) is 0 Å². The maximum Gasteiger partial charge on any atom is 0.242 e. The Morgan fingerprint density at radius 1 is 1.17 bits per heavy atom. The van der Waals surface area contributed by atoms with E-state index in [4.69, 9.17) is 0 Å². The van der Waals surface area contributed by atoms with Crippen molar-refractivity contribution in [1.29, 1.82) is 0 Å². The van der Waals surface area contributed by atoms with Crippen LogP contribution in [0.15, 0.2) is 28.7 Å². The third-order valence-electron chi connectivity index (χ3n) is 3.73. The molecular formula is C18H27BrN2O2. The second-order valence-electron chi connectivity index (χ2n) is 5.72. The Balaban J connectivity index is 2.80. The quantitative estimate of drug-likeness (QED) is 0.658. The summed E-state index contributed by atoms with van der Waals surface area (Å²) >= 11 is 3.41. The lowest BCUT2D eigenvalue weighted by Crippen LogP contribution is -2.47. The average molecular weight is 383 g/mol. The van der Waals surface area contributed by atoms with Gasteiger partial charge in [-0.3, -0.25) is 9.59 Å². The second kappa shape index (κ2) is 10.4. The van der Waals surface area contributed by atoms with E-state index in [1.807, 2.05) is 31.2 Å². The molecule has 0 unspecified atom stereocenters. The molecule has 1 aromatic carbocycles. The van der Waals surface area contributed by atoms with Gasteiger partial charge in [0.25, 0.3) is 0 Å². The number of carbonyl (C=O) groups is 2. The molecule has 0 spiro atoms. The Kier molecular flexibility index (Phi) is 8.92. The first kappa shape index (κ1) is 19.7. The normalized spacial score (nSPS) is 11.8. The van der Waals surface area contributed by atoms with E-state index in [2.05, 4.69) is 28.2 Å². The molecule has 0 aliphatic heterocycles. The molecule has 0 fully saturated rings. The lowest BCUT2D eigenvalue weighted by atomic mass is 10.1. The maximum atomic E-state index is 12.4. The Labute approximate surface area is 147 Å². The molecular weight excluding hydrogens is 356 g/mol.